The molecule has 116 valence electrons. The first kappa shape index (κ1) is 17.5. The van der Waals surface area contributed by atoms with Gasteiger partial charge in [-0.15, -0.1) is 0 Å². The van der Waals surface area contributed by atoms with Crippen molar-refractivity contribution in [3.63, 3.8) is 0 Å². The molecule has 2 rings (SSSR count). The summed E-state index contributed by atoms with van der Waals surface area (Å²) in [5, 5.41) is 1.48. The summed E-state index contributed by atoms with van der Waals surface area (Å²) in [5.41, 5.74) is 2.29. The molecule has 0 radical (unpaired) electrons. The third kappa shape index (κ3) is 7.27. The fraction of sp³-hybridized carbons (Fsp3) is 0.200. The highest BCUT2D eigenvalue weighted by atomic mass is 35.5. The Bertz CT molecular complexity index is 660. The topological polar surface area (TPSA) is 9.23 Å². The molecular weight excluding hydrogens is 327 g/mol. The maximum Gasteiger partial charge on any atom is 0.109 e. The average Bonchev–Trinajstić information content (AvgIpc) is 2.56. The SMILES string of the molecule is Clc1ccc(CC#CCOCC#CCc2ccc(Cl)cc2)cc1. The van der Waals surface area contributed by atoms with Crippen LogP contribution in [-0.4, -0.2) is 13.2 Å². The molecular formula is C20H16Cl2O. The van der Waals surface area contributed by atoms with E-state index in [1.165, 1.54) is 0 Å². The Hall–Kier alpha value is -1.90. The molecule has 0 bridgehead atoms. The lowest BCUT2D eigenvalue weighted by atomic mass is 10.2. The first-order valence-corrected chi connectivity index (χ1v) is 7.98. The van der Waals surface area contributed by atoms with E-state index in [9.17, 15) is 0 Å². The van der Waals surface area contributed by atoms with Crippen LogP contribution in [0.5, 0.6) is 0 Å². The molecule has 0 aliphatic carbocycles. The van der Waals surface area contributed by atoms with E-state index in [4.69, 9.17) is 27.9 Å². The highest BCUT2D eigenvalue weighted by Crippen LogP contribution is 2.10. The Balaban J connectivity index is 1.61. The van der Waals surface area contributed by atoms with Gasteiger partial charge in [0.25, 0.3) is 0 Å². The Morgan fingerprint density at radius 1 is 0.609 bits per heavy atom. The number of ether oxygens (including phenoxy) is 1. The molecule has 23 heavy (non-hydrogen) atoms. The maximum absolute atomic E-state index is 5.83. The Morgan fingerprint density at radius 2 is 1.00 bits per heavy atom. The van der Waals surface area contributed by atoms with Crippen molar-refractivity contribution in [3.8, 4) is 23.7 Å². The van der Waals surface area contributed by atoms with E-state index >= 15 is 0 Å². The van der Waals surface area contributed by atoms with Gasteiger partial charge in [-0.2, -0.15) is 0 Å². The van der Waals surface area contributed by atoms with Gasteiger partial charge in [-0.25, -0.2) is 0 Å². The predicted octanol–water partition coefficient (Wildman–Crippen LogP) is 4.80. The largest absolute Gasteiger partial charge is 0.356 e. The number of halogens is 2. The first-order chi connectivity index (χ1) is 11.2. The van der Waals surface area contributed by atoms with Crippen molar-refractivity contribution in [2.75, 3.05) is 13.2 Å². The highest BCUT2D eigenvalue weighted by Gasteiger charge is 1.90. The number of hydrogen-bond donors (Lipinski definition) is 0. The van der Waals surface area contributed by atoms with Crippen LogP contribution in [0.2, 0.25) is 10.0 Å². The lowest BCUT2D eigenvalue weighted by molar-refractivity contribution is 0.204. The summed E-state index contributed by atoms with van der Waals surface area (Å²) in [6, 6.07) is 15.4. The Morgan fingerprint density at radius 3 is 1.39 bits per heavy atom. The summed E-state index contributed by atoms with van der Waals surface area (Å²) < 4.78 is 5.36. The van der Waals surface area contributed by atoms with E-state index < -0.39 is 0 Å². The van der Waals surface area contributed by atoms with Gasteiger partial charge in [0.05, 0.1) is 0 Å². The normalized spacial score (nSPS) is 9.48. The van der Waals surface area contributed by atoms with Gasteiger partial charge in [0, 0.05) is 22.9 Å². The number of rotatable bonds is 4. The summed E-state index contributed by atoms with van der Waals surface area (Å²) >= 11 is 11.7. The van der Waals surface area contributed by atoms with Crippen molar-refractivity contribution in [2.45, 2.75) is 12.8 Å². The Labute approximate surface area is 147 Å². The molecule has 2 aromatic rings. The molecule has 0 amide bonds. The molecule has 0 aromatic heterocycles. The first-order valence-electron chi connectivity index (χ1n) is 7.22. The minimum Gasteiger partial charge on any atom is -0.356 e. The molecule has 0 aliphatic heterocycles. The van der Waals surface area contributed by atoms with Crippen molar-refractivity contribution in [3.05, 3.63) is 69.7 Å². The van der Waals surface area contributed by atoms with Crippen molar-refractivity contribution >= 4 is 23.2 Å². The fourth-order valence-electron chi connectivity index (χ4n) is 1.79. The molecule has 0 aliphatic rings. The molecule has 0 unspecified atom stereocenters. The quantitative estimate of drug-likeness (QED) is 0.572. The second-order valence-electron chi connectivity index (χ2n) is 4.81. The second kappa shape index (κ2) is 9.98. The van der Waals surface area contributed by atoms with E-state index in [0.717, 1.165) is 21.2 Å². The van der Waals surface area contributed by atoms with Crippen LogP contribution >= 0.6 is 23.2 Å². The van der Waals surface area contributed by atoms with Crippen LogP contribution < -0.4 is 0 Å². The van der Waals surface area contributed by atoms with Crippen molar-refractivity contribution in [2.24, 2.45) is 0 Å². The summed E-state index contributed by atoms with van der Waals surface area (Å²) in [4.78, 5) is 0. The second-order valence-corrected chi connectivity index (χ2v) is 5.68. The van der Waals surface area contributed by atoms with Crippen LogP contribution in [0.1, 0.15) is 11.1 Å². The summed E-state index contributed by atoms with van der Waals surface area (Å²) in [5.74, 6) is 12.1. The molecule has 0 heterocycles. The van der Waals surface area contributed by atoms with Gasteiger partial charge in [0.2, 0.25) is 0 Å². The minimum atomic E-state index is 0.392. The van der Waals surface area contributed by atoms with Crippen LogP contribution in [-0.2, 0) is 17.6 Å². The van der Waals surface area contributed by atoms with Crippen molar-refractivity contribution < 1.29 is 4.74 Å². The molecule has 0 N–H and O–H groups in total. The molecule has 0 saturated heterocycles. The Kier molecular flexibility index (Phi) is 7.58. The summed E-state index contributed by atoms with van der Waals surface area (Å²) in [6.45, 7) is 0.784. The molecule has 2 aromatic carbocycles. The third-order valence-electron chi connectivity index (χ3n) is 3.01. The van der Waals surface area contributed by atoms with Gasteiger partial charge in [-0.3, -0.25) is 0 Å². The zero-order valence-electron chi connectivity index (χ0n) is 12.6. The smallest absolute Gasteiger partial charge is 0.109 e. The van der Waals surface area contributed by atoms with E-state index in [1.807, 2.05) is 48.5 Å². The molecule has 0 atom stereocenters. The van der Waals surface area contributed by atoms with Crippen LogP contribution in [0.15, 0.2) is 48.5 Å². The molecule has 0 saturated carbocycles. The molecule has 0 spiro atoms. The monoisotopic (exact) mass is 342 g/mol. The van der Waals surface area contributed by atoms with E-state index in [-0.39, 0.29) is 0 Å². The van der Waals surface area contributed by atoms with Crippen molar-refractivity contribution in [1.82, 2.24) is 0 Å². The standard InChI is InChI=1S/C20H16Cl2O/c21-19-11-7-17(8-12-19)5-1-3-15-23-16-4-2-6-18-9-13-20(22)14-10-18/h7-14H,5-6,15-16H2. The van der Waals surface area contributed by atoms with Gasteiger partial charge < -0.3 is 4.74 Å². The maximum atomic E-state index is 5.83. The minimum absolute atomic E-state index is 0.392. The van der Waals surface area contributed by atoms with Crippen LogP contribution in [0.25, 0.3) is 0 Å². The lowest BCUT2D eigenvalue weighted by Gasteiger charge is -1.95. The number of hydrogen-bond acceptors (Lipinski definition) is 1. The van der Waals surface area contributed by atoms with Crippen LogP contribution in [0.3, 0.4) is 0 Å². The van der Waals surface area contributed by atoms with Crippen LogP contribution in [0.4, 0.5) is 0 Å². The predicted molar refractivity (Wildman–Crippen MR) is 96.7 cm³/mol. The van der Waals surface area contributed by atoms with E-state index in [1.54, 1.807) is 0 Å². The summed E-state index contributed by atoms with van der Waals surface area (Å²) in [7, 11) is 0. The lowest BCUT2D eigenvalue weighted by Crippen LogP contribution is -1.92. The van der Waals surface area contributed by atoms with E-state index in [0.29, 0.717) is 26.1 Å². The van der Waals surface area contributed by atoms with Gasteiger partial charge >= 0.3 is 0 Å². The van der Waals surface area contributed by atoms with Gasteiger partial charge in [-0.1, -0.05) is 71.1 Å². The van der Waals surface area contributed by atoms with Gasteiger partial charge in [0.1, 0.15) is 13.2 Å². The number of benzene rings is 2. The highest BCUT2D eigenvalue weighted by molar-refractivity contribution is 6.30. The summed E-state index contributed by atoms with van der Waals surface area (Å²) in [6.07, 6.45) is 1.39. The van der Waals surface area contributed by atoms with Gasteiger partial charge in [0.15, 0.2) is 0 Å². The van der Waals surface area contributed by atoms with Gasteiger partial charge in [-0.05, 0) is 35.4 Å². The average molecular weight is 343 g/mol. The zero-order chi connectivity index (χ0) is 16.3. The van der Waals surface area contributed by atoms with Crippen LogP contribution in [0, 0.1) is 23.7 Å². The third-order valence-corrected chi connectivity index (χ3v) is 3.51. The zero-order valence-corrected chi connectivity index (χ0v) is 14.1. The van der Waals surface area contributed by atoms with E-state index in [2.05, 4.69) is 23.7 Å². The molecule has 3 heteroatoms. The molecule has 1 nitrogen and oxygen atoms in total. The van der Waals surface area contributed by atoms with Crippen molar-refractivity contribution in [1.29, 1.82) is 0 Å². The fourth-order valence-corrected chi connectivity index (χ4v) is 2.04. The molecule has 0 fully saturated rings.